The van der Waals surface area contributed by atoms with Crippen molar-refractivity contribution >= 4 is 5.97 Å². The molecular weight excluding hydrogens is 271 g/mol. The number of carboxylic acid groups (broad SMARTS) is 1. The summed E-state index contributed by atoms with van der Waals surface area (Å²) >= 11 is 0. The van der Waals surface area contributed by atoms with Gasteiger partial charge in [-0.3, -0.25) is 4.79 Å². The Morgan fingerprint density at radius 3 is 2.45 bits per heavy atom. The maximum absolute atomic E-state index is 12.6. The second-order valence-electron chi connectivity index (χ2n) is 4.91. The first-order valence-electron chi connectivity index (χ1n) is 6.35. The smallest absolute Gasteiger partial charge is 0.416 e. The molecule has 1 aromatic rings. The van der Waals surface area contributed by atoms with E-state index >= 15 is 0 Å². The number of nitrogens with two attached hydrogens (primary N) is 1. The molecule has 0 saturated carbocycles. The average molecular weight is 289 g/mol. The van der Waals surface area contributed by atoms with Crippen molar-refractivity contribution in [2.75, 3.05) is 6.54 Å². The van der Waals surface area contributed by atoms with Gasteiger partial charge in [0.15, 0.2) is 0 Å². The molecule has 1 rings (SSSR count). The second-order valence-corrected chi connectivity index (χ2v) is 4.91. The van der Waals surface area contributed by atoms with E-state index < -0.39 is 23.1 Å². The first-order valence-corrected chi connectivity index (χ1v) is 6.35. The van der Waals surface area contributed by atoms with Crippen LogP contribution in [0.15, 0.2) is 24.3 Å². The number of benzene rings is 1. The third-order valence-electron chi connectivity index (χ3n) is 3.37. The van der Waals surface area contributed by atoms with Crippen LogP contribution in [-0.4, -0.2) is 17.6 Å². The predicted molar refractivity (Wildman–Crippen MR) is 69.2 cm³/mol. The SMILES string of the molecule is CCCC(CN)(Cc1cccc(C(F)(F)F)c1)C(=O)O. The Kier molecular flexibility index (Phi) is 5.16. The van der Waals surface area contributed by atoms with Crippen LogP contribution in [0.2, 0.25) is 0 Å². The van der Waals surface area contributed by atoms with E-state index in [0.29, 0.717) is 18.4 Å². The molecule has 0 spiro atoms. The summed E-state index contributed by atoms with van der Waals surface area (Å²) in [7, 11) is 0. The average Bonchev–Trinajstić information content (AvgIpc) is 2.37. The Balaban J connectivity index is 3.09. The van der Waals surface area contributed by atoms with Crippen molar-refractivity contribution in [2.24, 2.45) is 11.1 Å². The molecule has 0 aromatic heterocycles. The molecule has 0 radical (unpaired) electrons. The highest BCUT2D eigenvalue weighted by Crippen LogP contribution is 2.33. The molecule has 112 valence electrons. The van der Waals surface area contributed by atoms with Crippen LogP contribution in [-0.2, 0) is 17.4 Å². The van der Waals surface area contributed by atoms with E-state index in [4.69, 9.17) is 5.73 Å². The summed E-state index contributed by atoms with van der Waals surface area (Å²) in [4.78, 5) is 11.4. The zero-order valence-electron chi connectivity index (χ0n) is 11.2. The van der Waals surface area contributed by atoms with Crippen LogP contribution in [0.3, 0.4) is 0 Å². The lowest BCUT2D eigenvalue weighted by atomic mass is 9.77. The molecule has 0 aliphatic rings. The van der Waals surface area contributed by atoms with E-state index in [0.717, 1.165) is 12.1 Å². The molecule has 3 N–H and O–H groups in total. The van der Waals surface area contributed by atoms with Gasteiger partial charge < -0.3 is 10.8 Å². The number of carbonyl (C=O) groups is 1. The number of hydrogen-bond acceptors (Lipinski definition) is 2. The third-order valence-corrected chi connectivity index (χ3v) is 3.37. The van der Waals surface area contributed by atoms with Gasteiger partial charge in [-0.05, 0) is 24.5 Å². The molecule has 3 nitrogen and oxygen atoms in total. The van der Waals surface area contributed by atoms with Crippen LogP contribution in [0.5, 0.6) is 0 Å². The monoisotopic (exact) mass is 289 g/mol. The van der Waals surface area contributed by atoms with E-state index in [1.807, 2.05) is 6.92 Å². The molecule has 1 unspecified atom stereocenters. The van der Waals surface area contributed by atoms with E-state index in [1.165, 1.54) is 12.1 Å². The van der Waals surface area contributed by atoms with Gasteiger partial charge in [0.25, 0.3) is 0 Å². The summed E-state index contributed by atoms with van der Waals surface area (Å²) in [6.45, 7) is 1.71. The Morgan fingerprint density at radius 1 is 1.35 bits per heavy atom. The minimum atomic E-state index is -4.44. The van der Waals surface area contributed by atoms with Gasteiger partial charge in [-0.1, -0.05) is 31.5 Å². The van der Waals surface area contributed by atoms with E-state index in [1.54, 1.807) is 0 Å². The van der Waals surface area contributed by atoms with E-state index in [2.05, 4.69) is 0 Å². The quantitative estimate of drug-likeness (QED) is 0.846. The number of alkyl halides is 3. The maximum atomic E-state index is 12.6. The normalized spacial score (nSPS) is 14.8. The van der Waals surface area contributed by atoms with Gasteiger partial charge in [-0.15, -0.1) is 0 Å². The van der Waals surface area contributed by atoms with E-state index in [9.17, 15) is 23.1 Å². The summed E-state index contributed by atoms with van der Waals surface area (Å²) < 4.78 is 37.9. The van der Waals surface area contributed by atoms with Gasteiger partial charge in [-0.2, -0.15) is 13.2 Å². The molecule has 1 atom stereocenters. The largest absolute Gasteiger partial charge is 0.481 e. The topological polar surface area (TPSA) is 63.3 Å². The van der Waals surface area contributed by atoms with E-state index in [-0.39, 0.29) is 13.0 Å². The molecule has 6 heteroatoms. The number of hydrogen-bond donors (Lipinski definition) is 2. The highest BCUT2D eigenvalue weighted by atomic mass is 19.4. The summed E-state index contributed by atoms with van der Waals surface area (Å²) in [6, 6.07) is 4.74. The maximum Gasteiger partial charge on any atom is 0.416 e. The molecule has 20 heavy (non-hydrogen) atoms. The summed E-state index contributed by atoms with van der Waals surface area (Å²) in [5.74, 6) is -1.07. The van der Waals surface area contributed by atoms with Crippen molar-refractivity contribution in [1.29, 1.82) is 0 Å². The molecule has 0 fully saturated rings. The van der Waals surface area contributed by atoms with Crippen molar-refractivity contribution in [3.63, 3.8) is 0 Å². The first-order chi connectivity index (χ1) is 9.25. The molecule has 0 amide bonds. The van der Waals surface area contributed by atoms with Crippen LogP contribution in [0.25, 0.3) is 0 Å². The van der Waals surface area contributed by atoms with Crippen LogP contribution >= 0.6 is 0 Å². The molecular formula is C14H18F3NO2. The Labute approximate surface area is 115 Å². The Hall–Kier alpha value is -1.56. The number of carboxylic acids is 1. The molecule has 0 saturated heterocycles. The Bertz CT molecular complexity index is 474. The number of aliphatic carboxylic acids is 1. The standard InChI is InChI=1S/C14H18F3NO2/c1-2-6-13(9-18,12(19)20)8-10-4-3-5-11(7-10)14(15,16)17/h3-5,7H,2,6,8-9,18H2,1H3,(H,19,20). The van der Waals surface area contributed by atoms with Gasteiger partial charge in [0.2, 0.25) is 0 Å². The minimum Gasteiger partial charge on any atom is -0.481 e. The Morgan fingerprint density at radius 2 is 2.00 bits per heavy atom. The molecule has 0 heterocycles. The predicted octanol–water partition coefficient (Wildman–Crippen LogP) is 3.08. The van der Waals surface area contributed by atoms with Gasteiger partial charge in [0.05, 0.1) is 11.0 Å². The fourth-order valence-corrected chi connectivity index (χ4v) is 2.26. The van der Waals surface area contributed by atoms with Gasteiger partial charge in [0, 0.05) is 6.54 Å². The van der Waals surface area contributed by atoms with Crippen molar-refractivity contribution in [2.45, 2.75) is 32.4 Å². The molecule has 0 aliphatic carbocycles. The zero-order chi connectivity index (χ0) is 15.4. The van der Waals surface area contributed by atoms with Gasteiger partial charge in [-0.25, -0.2) is 0 Å². The highest BCUT2D eigenvalue weighted by Gasteiger charge is 2.37. The molecule has 1 aromatic carbocycles. The second kappa shape index (κ2) is 6.26. The van der Waals surface area contributed by atoms with Crippen molar-refractivity contribution in [3.05, 3.63) is 35.4 Å². The number of rotatable bonds is 6. The fourth-order valence-electron chi connectivity index (χ4n) is 2.26. The number of halogens is 3. The van der Waals surface area contributed by atoms with Crippen LogP contribution in [0, 0.1) is 5.41 Å². The molecule has 0 bridgehead atoms. The summed E-state index contributed by atoms with van der Waals surface area (Å²) in [5, 5.41) is 9.34. The lowest BCUT2D eigenvalue weighted by molar-refractivity contribution is -0.148. The van der Waals surface area contributed by atoms with Crippen molar-refractivity contribution in [1.82, 2.24) is 0 Å². The minimum absolute atomic E-state index is 0.00338. The van der Waals surface area contributed by atoms with Crippen molar-refractivity contribution < 1.29 is 23.1 Å². The highest BCUT2D eigenvalue weighted by molar-refractivity contribution is 5.75. The first kappa shape index (κ1) is 16.5. The summed E-state index contributed by atoms with van der Waals surface area (Å²) in [6.07, 6.45) is -3.51. The van der Waals surface area contributed by atoms with Crippen LogP contribution in [0.1, 0.15) is 30.9 Å². The zero-order valence-corrected chi connectivity index (χ0v) is 11.2. The third kappa shape index (κ3) is 3.72. The van der Waals surface area contributed by atoms with Crippen LogP contribution in [0.4, 0.5) is 13.2 Å². The lowest BCUT2D eigenvalue weighted by Gasteiger charge is -2.27. The molecule has 0 aliphatic heterocycles. The lowest BCUT2D eigenvalue weighted by Crippen LogP contribution is -2.40. The van der Waals surface area contributed by atoms with Gasteiger partial charge in [0.1, 0.15) is 0 Å². The van der Waals surface area contributed by atoms with Crippen molar-refractivity contribution in [3.8, 4) is 0 Å². The summed E-state index contributed by atoms with van der Waals surface area (Å²) in [5.41, 5.74) is 3.91. The van der Waals surface area contributed by atoms with Crippen LogP contribution < -0.4 is 5.73 Å². The van der Waals surface area contributed by atoms with Gasteiger partial charge >= 0.3 is 12.1 Å². The fraction of sp³-hybridized carbons (Fsp3) is 0.500.